The van der Waals surface area contributed by atoms with Gasteiger partial charge in [-0.2, -0.15) is 0 Å². The van der Waals surface area contributed by atoms with E-state index >= 15 is 0 Å². The molecule has 0 aliphatic carbocycles. The van der Waals surface area contributed by atoms with E-state index < -0.39 is 0 Å². The van der Waals surface area contributed by atoms with Crippen LogP contribution >= 0.6 is 0 Å². The van der Waals surface area contributed by atoms with Crippen molar-refractivity contribution in [2.24, 2.45) is 0 Å². The third-order valence-electron chi connectivity index (χ3n) is 5.03. The molecule has 3 nitrogen and oxygen atoms in total. The highest BCUT2D eigenvalue weighted by molar-refractivity contribution is 5.89. The second kappa shape index (κ2) is 8.49. The van der Waals surface area contributed by atoms with Crippen LogP contribution in [0.4, 0.5) is 0 Å². The van der Waals surface area contributed by atoms with E-state index in [9.17, 15) is 4.79 Å². The Hall–Kier alpha value is -3.46. The summed E-state index contributed by atoms with van der Waals surface area (Å²) in [4.78, 5) is 16.9. The normalized spacial score (nSPS) is 10.9. The van der Waals surface area contributed by atoms with Gasteiger partial charge >= 0.3 is 0 Å². The molecule has 3 heteroatoms. The lowest BCUT2D eigenvalue weighted by Crippen LogP contribution is -2.30. The third kappa shape index (κ3) is 4.09. The fourth-order valence-corrected chi connectivity index (χ4v) is 3.59. The number of aromatic nitrogens is 1. The molecule has 0 unspecified atom stereocenters. The Bertz CT molecular complexity index is 1020. The topological polar surface area (TPSA) is 42.0 Å². The summed E-state index contributed by atoms with van der Waals surface area (Å²) < 4.78 is 0. The van der Waals surface area contributed by atoms with Crippen molar-refractivity contribution in [2.45, 2.75) is 12.3 Å². The summed E-state index contributed by atoms with van der Waals surface area (Å²) in [6.45, 7) is 0.569. The molecule has 0 aliphatic rings. The monoisotopic (exact) mass is 366 g/mol. The van der Waals surface area contributed by atoms with Crippen LogP contribution in [0, 0.1) is 0 Å². The zero-order chi connectivity index (χ0) is 19.2. The summed E-state index contributed by atoms with van der Waals surface area (Å²) >= 11 is 0. The van der Waals surface area contributed by atoms with Gasteiger partial charge < -0.3 is 5.32 Å². The molecule has 1 heterocycles. The maximum absolute atomic E-state index is 12.7. The average Bonchev–Trinajstić information content (AvgIpc) is 2.76. The fraction of sp³-hybridized carbons (Fsp3) is 0.120. The van der Waals surface area contributed by atoms with Crippen LogP contribution < -0.4 is 5.32 Å². The van der Waals surface area contributed by atoms with Crippen LogP contribution in [0.1, 0.15) is 22.6 Å². The Balaban J connectivity index is 1.50. The Labute approximate surface area is 165 Å². The molecule has 0 atom stereocenters. The summed E-state index contributed by atoms with van der Waals surface area (Å²) in [5.41, 5.74) is 3.42. The predicted molar refractivity (Wildman–Crippen MR) is 113 cm³/mol. The van der Waals surface area contributed by atoms with Gasteiger partial charge in [-0.3, -0.25) is 9.78 Å². The van der Waals surface area contributed by atoms with E-state index in [1.54, 1.807) is 6.20 Å². The van der Waals surface area contributed by atoms with E-state index in [0.29, 0.717) is 13.0 Å². The largest absolute Gasteiger partial charge is 0.355 e. The van der Waals surface area contributed by atoms with Crippen LogP contribution in [0.2, 0.25) is 0 Å². The molecule has 0 bridgehead atoms. The highest BCUT2D eigenvalue weighted by atomic mass is 16.1. The van der Waals surface area contributed by atoms with E-state index in [0.717, 1.165) is 16.3 Å². The smallest absolute Gasteiger partial charge is 0.224 e. The van der Waals surface area contributed by atoms with Crippen molar-refractivity contribution in [3.8, 4) is 0 Å². The van der Waals surface area contributed by atoms with Gasteiger partial charge in [0.05, 0.1) is 6.42 Å². The minimum absolute atomic E-state index is 0.0289. The second-order valence-corrected chi connectivity index (χ2v) is 6.87. The average molecular weight is 366 g/mol. The van der Waals surface area contributed by atoms with Crippen LogP contribution in [-0.2, 0) is 11.2 Å². The standard InChI is InChI=1S/C25H22N2O/c28-25(16-21-12-7-13-22-17-26-15-14-23(21)22)27-18-24(19-8-3-1-4-9-19)20-10-5-2-6-11-20/h1-15,17,24H,16,18H2,(H,27,28). The van der Waals surface area contributed by atoms with E-state index in [-0.39, 0.29) is 11.8 Å². The molecule has 138 valence electrons. The Morgan fingerprint density at radius 3 is 2.18 bits per heavy atom. The van der Waals surface area contributed by atoms with E-state index in [2.05, 4.69) is 34.6 Å². The lowest BCUT2D eigenvalue weighted by molar-refractivity contribution is -0.120. The van der Waals surface area contributed by atoms with Crippen molar-refractivity contribution in [2.75, 3.05) is 6.54 Å². The van der Waals surface area contributed by atoms with Crippen molar-refractivity contribution >= 4 is 16.7 Å². The van der Waals surface area contributed by atoms with Crippen molar-refractivity contribution in [3.05, 3.63) is 114 Å². The Morgan fingerprint density at radius 2 is 1.50 bits per heavy atom. The Morgan fingerprint density at radius 1 is 0.821 bits per heavy atom. The first-order chi connectivity index (χ1) is 13.8. The predicted octanol–water partition coefficient (Wildman–Crippen LogP) is 4.73. The number of fused-ring (bicyclic) bond motifs is 1. The van der Waals surface area contributed by atoms with Crippen LogP contribution in [0.3, 0.4) is 0 Å². The number of hydrogen-bond donors (Lipinski definition) is 1. The van der Waals surface area contributed by atoms with Gasteiger partial charge in [0.2, 0.25) is 5.91 Å². The van der Waals surface area contributed by atoms with E-state index in [4.69, 9.17) is 0 Å². The van der Waals surface area contributed by atoms with Gasteiger partial charge in [0.15, 0.2) is 0 Å². The van der Waals surface area contributed by atoms with Gasteiger partial charge in [-0.15, -0.1) is 0 Å². The van der Waals surface area contributed by atoms with Crippen LogP contribution in [0.15, 0.2) is 97.3 Å². The number of carbonyl (C=O) groups excluding carboxylic acids is 1. The van der Waals surface area contributed by atoms with Gasteiger partial charge in [0.1, 0.15) is 0 Å². The van der Waals surface area contributed by atoms with Gasteiger partial charge in [-0.25, -0.2) is 0 Å². The maximum atomic E-state index is 12.7. The number of rotatable bonds is 6. The lowest BCUT2D eigenvalue weighted by Gasteiger charge is -2.19. The SMILES string of the molecule is O=C(Cc1cccc2cnccc12)NCC(c1ccccc1)c1ccccc1. The minimum atomic E-state index is 0.0289. The van der Waals surface area contributed by atoms with E-state index in [1.165, 1.54) is 11.1 Å². The summed E-state index contributed by atoms with van der Waals surface area (Å²) in [5, 5.41) is 5.27. The van der Waals surface area contributed by atoms with Crippen molar-refractivity contribution in [3.63, 3.8) is 0 Å². The lowest BCUT2D eigenvalue weighted by atomic mass is 9.91. The second-order valence-electron chi connectivity index (χ2n) is 6.87. The molecule has 4 rings (SSSR count). The summed E-state index contributed by atoms with van der Waals surface area (Å²) in [5.74, 6) is 0.157. The summed E-state index contributed by atoms with van der Waals surface area (Å²) in [6, 6.07) is 28.6. The molecule has 1 amide bonds. The number of pyridine rings is 1. The van der Waals surface area contributed by atoms with E-state index in [1.807, 2.05) is 66.9 Å². The third-order valence-corrected chi connectivity index (χ3v) is 5.03. The molecule has 1 aromatic heterocycles. The number of nitrogens with zero attached hydrogens (tertiary/aromatic N) is 1. The maximum Gasteiger partial charge on any atom is 0.224 e. The molecule has 0 fully saturated rings. The van der Waals surface area contributed by atoms with Gasteiger partial charge in [-0.1, -0.05) is 78.9 Å². The number of amides is 1. The van der Waals surface area contributed by atoms with Crippen molar-refractivity contribution < 1.29 is 4.79 Å². The molecular formula is C25H22N2O. The number of benzene rings is 3. The zero-order valence-electron chi connectivity index (χ0n) is 15.6. The first-order valence-electron chi connectivity index (χ1n) is 9.49. The minimum Gasteiger partial charge on any atom is -0.355 e. The number of nitrogens with one attached hydrogen (secondary N) is 1. The van der Waals surface area contributed by atoms with Gasteiger partial charge in [0.25, 0.3) is 0 Å². The summed E-state index contributed by atoms with van der Waals surface area (Å²) in [7, 11) is 0. The molecule has 3 aromatic carbocycles. The molecule has 0 saturated heterocycles. The van der Waals surface area contributed by atoms with Crippen LogP contribution in [0.5, 0.6) is 0 Å². The van der Waals surface area contributed by atoms with Gasteiger partial charge in [-0.05, 0) is 28.1 Å². The van der Waals surface area contributed by atoms with Crippen molar-refractivity contribution in [1.29, 1.82) is 0 Å². The molecule has 28 heavy (non-hydrogen) atoms. The fourth-order valence-electron chi connectivity index (χ4n) is 3.59. The first kappa shape index (κ1) is 17.9. The quantitative estimate of drug-likeness (QED) is 0.536. The highest BCUT2D eigenvalue weighted by Gasteiger charge is 2.15. The van der Waals surface area contributed by atoms with Crippen LogP contribution in [0.25, 0.3) is 10.8 Å². The van der Waals surface area contributed by atoms with Crippen molar-refractivity contribution in [1.82, 2.24) is 10.3 Å². The van der Waals surface area contributed by atoms with Gasteiger partial charge in [0, 0.05) is 30.2 Å². The molecule has 0 radical (unpaired) electrons. The molecule has 1 N–H and O–H groups in total. The number of hydrogen-bond acceptors (Lipinski definition) is 2. The Kier molecular flexibility index (Phi) is 5.43. The molecule has 0 saturated carbocycles. The number of carbonyl (C=O) groups is 1. The first-order valence-corrected chi connectivity index (χ1v) is 9.49. The molecule has 4 aromatic rings. The zero-order valence-corrected chi connectivity index (χ0v) is 15.6. The summed E-state index contributed by atoms with van der Waals surface area (Å²) in [6.07, 6.45) is 3.96. The molecule has 0 spiro atoms. The molecular weight excluding hydrogens is 344 g/mol. The highest BCUT2D eigenvalue weighted by Crippen LogP contribution is 2.24. The van der Waals surface area contributed by atoms with Crippen LogP contribution in [-0.4, -0.2) is 17.4 Å². The molecule has 0 aliphatic heterocycles.